The molecule has 2 fully saturated rings. The number of phosphoric acid groups is 1. The summed E-state index contributed by atoms with van der Waals surface area (Å²) in [6, 6.07) is 0. The number of ether oxygens (including phenoxy) is 4. The number of phosphoric ester groups is 1. The molecule has 13 unspecified atom stereocenters. The number of esters is 2. The molecule has 9 N–H and O–H groups in total. The van der Waals surface area contributed by atoms with Gasteiger partial charge >= 0.3 is 19.8 Å². The van der Waals surface area contributed by atoms with Crippen LogP contribution >= 0.6 is 7.82 Å². The Morgan fingerprint density at radius 1 is 0.515 bits per heavy atom. The molecular weight excluding hydrogens is 883 g/mol. The van der Waals surface area contributed by atoms with Crippen LogP contribution in [0.5, 0.6) is 0 Å². The van der Waals surface area contributed by atoms with Crippen molar-refractivity contribution in [2.45, 2.75) is 267 Å². The van der Waals surface area contributed by atoms with Crippen LogP contribution in [0, 0.1) is 0 Å². The van der Waals surface area contributed by atoms with Gasteiger partial charge in [0.1, 0.15) is 67.6 Å². The number of aliphatic hydroxyl groups is 8. The summed E-state index contributed by atoms with van der Waals surface area (Å²) in [5.41, 5.74) is 0. The zero-order chi connectivity index (χ0) is 48.7. The lowest BCUT2D eigenvalue weighted by atomic mass is 9.84. The lowest BCUT2D eigenvalue weighted by Gasteiger charge is -2.47. The summed E-state index contributed by atoms with van der Waals surface area (Å²) in [4.78, 5) is 36.5. The van der Waals surface area contributed by atoms with Crippen molar-refractivity contribution in [2.24, 2.45) is 0 Å². The van der Waals surface area contributed by atoms with E-state index in [1.807, 2.05) is 0 Å². The van der Waals surface area contributed by atoms with Crippen LogP contribution in [0.2, 0.25) is 0 Å². The van der Waals surface area contributed by atoms with E-state index in [4.69, 9.17) is 28.0 Å². The largest absolute Gasteiger partial charge is 0.472 e. The van der Waals surface area contributed by atoms with Crippen molar-refractivity contribution >= 4 is 19.8 Å². The number of unbranched alkanes of at least 4 members (excludes halogenated alkanes) is 24. The Kier molecular flexibility index (Phi) is 32.9. The molecule has 2 rings (SSSR count). The standard InChI is InChI=1S/C47H89O18P/c1-3-5-7-9-11-13-15-17-18-20-21-23-25-27-29-36(49)60-32-34(62-37(50)30-28-26-24-22-19-16-14-12-10-8-6-4-2)33-61-66(58,59)65-46-43(56)41(54)40(53)42(55)45(46)64-47-44(57)39(52)38(51)35(31-48)63-47/h34-35,38-48,51-57H,3-33H2,1-2H3,(H,58,59). The smallest absolute Gasteiger partial charge is 0.462 e. The van der Waals surface area contributed by atoms with Crippen LogP contribution in [-0.4, -0.2) is 151 Å². The number of hydrogen-bond donors (Lipinski definition) is 9. The van der Waals surface area contributed by atoms with Gasteiger partial charge in [-0.25, -0.2) is 4.57 Å². The average molecular weight is 973 g/mol. The molecule has 0 aromatic heterocycles. The summed E-state index contributed by atoms with van der Waals surface area (Å²) in [7, 11) is -5.36. The summed E-state index contributed by atoms with van der Waals surface area (Å²) in [5, 5.41) is 82.9. The summed E-state index contributed by atoms with van der Waals surface area (Å²) in [6.45, 7) is 2.23. The van der Waals surface area contributed by atoms with E-state index in [-0.39, 0.29) is 12.8 Å². The molecule has 0 aromatic carbocycles. The van der Waals surface area contributed by atoms with Gasteiger partial charge in [0.15, 0.2) is 12.4 Å². The molecule has 1 aliphatic carbocycles. The van der Waals surface area contributed by atoms with Crippen LogP contribution in [0.3, 0.4) is 0 Å². The number of aliphatic hydroxyl groups excluding tert-OH is 8. The maximum absolute atomic E-state index is 13.4. The van der Waals surface area contributed by atoms with Gasteiger partial charge in [0.2, 0.25) is 0 Å². The second-order valence-corrected chi connectivity index (χ2v) is 19.8. The molecule has 0 radical (unpaired) electrons. The van der Waals surface area contributed by atoms with Crippen molar-refractivity contribution in [3.63, 3.8) is 0 Å². The molecular formula is C47H89O18P. The van der Waals surface area contributed by atoms with Crippen LogP contribution in [0.25, 0.3) is 0 Å². The van der Waals surface area contributed by atoms with Crippen molar-refractivity contribution in [3.8, 4) is 0 Å². The Morgan fingerprint density at radius 3 is 1.35 bits per heavy atom. The molecule has 1 heterocycles. The summed E-state index contributed by atoms with van der Waals surface area (Å²) in [5.74, 6) is -1.21. The average Bonchev–Trinajstić information content (AvgIpc) is 3.29. The summed E-state index contributed by atoms with van der Waals surface area (Å²) >= 11 is 0. The van der Waals surface area contributed by atoms with Crippen molar-refractivity contribution in [1.82, 2.24) is 0 Å². The summed E-state index contributed by atoms with van der Waals surface area (Å²) in [6.07, 6.45) is 6.19. The van der Waals surface area contributed by atoms with E-state index in [9.17, 15) is 59.9 Å². The number of hydrogen-bond acceptors (Lipinski definition) is 17. The molecule has 0 aromatic rings. The van der Waals surface area contributed by atoms with Gasteiger partial charge in [0, 0.05) is 12.8 Å². The Hall–Kier alpha value is -1.35. The fourth-order valence-electron chi connectivity index (χ4n) is 8.35. The SMILES string of the molecule is CCCCCCCCCCCCCCCCC(=O)OCC(COP(=O)(O)OC1C(O)C(O)C(O)C(O)C1OC1OC(CO)C(O)C(O)C1O)OC(=O)CCCCCCCCCCCCCC. The summed E-state index contributed by atoms with van der Waals surface area (Å²) < 4.78 is 45.4. The lowest BCUT2D eigenvalue weighted by molar-refractivity contribution is -0.338. The van der Waals surface area contributed by atoms with Gasteiger partial charge < -0.3 is 64.7 Å². The first-order valence-corrected chi connectivity index (χ1v) is 26.9. The molecule has 18 nitrogen and oxygen atoms in total. The minimum Gasteiger partial charge on any atom is -0.462 e. The van der Waals surface area contributed by atoms with E-state index in [0.717, 1.165) is 51.4 Å². The fraction of sp³-hybridized carbons (Fsp3) is 0.957. The first kappa shape index (κ1) is 60.8. The van der Waals surface area contributed by atoms with Crippen molar-refractivity contribution < 1.29 is 87.9 Å². The van der Waals surface area contributed by atoms with Gasteiger partial charge in [0.05, 0.1) is 13.2 Å². The second-order valence-electron chi connectivity index (χ2n) is 18.4. The van der Waals surface area contributed by atoms with Gasteiger partial charge in [-0.05, 0) is 12.8 Å². The first-order valence-electron chi connectivity index (χ1n) is 25.4. The molecule has 13 atom stereocenters. The Balaban J connectivity index is 1.95. The highest BCUT2D eigenvalue weighted by molar-refractivity contribution is 7.47. The van der Waals surface area contributed by atoms with Gasteiger partial charge in [-0.1, -0.05) is 168 Å². The molecule has 0 amide bonds. The van der Waals surface area contributed by atoms with Gasteiger partial charge in [0.25, 0.3) is 0 Å². The normalized spacial score (nSPS) is 28.2. The molecule has 1 saturated heterocycles. The van der Waals surface area contributed by atoms with E-state index in [1.165, 1.54) is 103 Å². The number of rotatable bonds is 39. The van der Waals surface area contributed by atoms with Crippen molar-refractivity contribution in [3.05, 3.63) is 0 Å². The lowest BCUT2D eigenvalue weighted by Crippen LogP contribution is -2.67. The third kappa shape index (κ3) is 24.5. The van der Waals surface area contributed by atoms with Crippen molar-refractivity contribution in [1.29, 1.82) is 0 Å². The second kappa shape index (κ2) is 35.7. The quantitative estimate of drug-likeness (QED) is 0.0207. The minimum atomic E-state index is -5.36. The van der Waals surface area contributed by atoms with Crippen LogP contribution < -0.4 is 0 Å². The minimum absolute atomic E-state index is 0.0392. The molecule has 1 saturated carbocycles. The topological polar surface area (TPSA) is 289 Å². The third-order valence-electron chi connectivity index (χ3n) is 12.6. The number of carbonyl (C=O) groups is 2. The van der Waals surface area contributed by atoms with Crippen LogP contribution in [0.4, 0.5) is 0 Å². The van der Waals surface area contributed by atoms with Crippen LogP contribution in [0.15, 0.2) is 0 Å². The molecule has 390 valence electrons. The first-order chi connectivity index (χ1) is 31.7. The van der Waals surface area contributed by atoms with E-state index >= 15 is 0 Å². The van der Waals surface area contributed by atoms with E-state index in [0.29, 0.717) is 12.8 Å². The number of carbonyl (C=O) groups excluding carboxylic acids is 2. The monoisotopic (exact) mass is 973 g/mol. The molecule has 2 aliphatic rings. The molecule has 0 bridgehead atoms. The predicted molar refractivity (Wildman–Crippen MR) is 245 cm³/mol. The highest BCUT2D eigenvalue weighted by atomic mass is 31.2. The zero-order valence-corrected chi connectivity index (χ0v) is 40.9. The van der Waals surface area contributed by atoms with Gasteiger partial charge in [-0.15, -0.1) is 0 Å². The highest BCUT2D eigenvalue weighted by Crippen LogP contribution is 2.48. The Morgan fingerprint density at radius 2 is 0.909 bits per heavy atom. The molecule has 1 aliphatic heterocycles. The molecule has 66 heavy (non-hydrogen) atoms. The van der Waals surface area contributed by atoms with E-state index in [1.54, 1.807) is 0 Å². The van der Waals surface area contributed by atoms with Crippen molar-refractivity contribution in [2.75, 3.05) is 19.8 Å². The van der Waals surface area contributed by atoms with Gasteiger partial charge in [-0.2, -0.15) is 0 Å². The van der Waals surface area contributed by atoms with E-state index < -0.39 is 113 Å². The zero-order valence-electron chi connectivity index (χ0n) is 40.0. The fourth-order valence-corrected chi connectivity index (χ4v) is 9.32. The Labute approximate surface area is 393 Å². The maximum atomic E-state index is 13.4. The predicted octanol–water partition coefficient (Wildman–Crippen LogP) is 5.55. The molecule has 19 heteroatoms. The highest BCUT2D eigenvalue weighted by Gasteiger charge is 2.55. The van der Waals surface area contributed by atoms with Gasteiger partial charge in [-0.3, -0.25) is 18.6 Å². The van der Waals surface area contributed by atoms with Crippen LogP contribution in [0.1, 0.15) is 194 Å². The molecule has 0 spiro atoms. The third-order valence-corrected chi connectivity index (χ3v) is 13.5. The maximum Gasteiger partial charge on any atom is 0.472 e. The van der Waals surface area contributed by atoms with E-state index in [2.05, 4.69) is 13.8 Å². The Bertz CT molecular complexity index is 1300. The van der Waals surface area contributed by atoms with Crippen LogP contribution in [-0.2, 0) is 42.1 Å².